The fourth-order valence-electron chi connectivity index (χ4n) is 4.78. The number of amides is 1. The molecule has 0 radical (unpaired) electrons. The van der Waals surface area contributed by atoms with Crippen LogP contribution < -0.4 is 10.6 Å². The van der Waals surface area contributed by atoms with Crippen molar-refractivity contribution in [3.63, 3.8) is 0 Å². The molecule has 0 aliphatic heterocycles. The summed E-state index contributed by atoms with van der Waals surface area (Å²) in [5, 5.41) is 15.6. The molecule has 3 aromatic rings. The minimum atomic E-state index is -0.164. The van der Waals surface area contributed by atoms with Crippen molar-refractivity contribution in [1.82, 2.24) is 30.7 Å². The van der Waals surface area contributed by atoms with E-state index < -0.39 is 0 Å². The molecule has 0 atom stereocenters. The van der Waals surface area contributed by atoms with Gasteiger partial charge in [-0.1, -0.05) is 25.2 Å². The molecule has 184 valence electrons. The van der Waals surface area contributed by atoms with E-state index in [9.17, 15) is 4.79 Å². The van der Waals surface area contributed by atoms with Gasteiger partial charge in [0.1, 0.15) is 5.69 Å². The third kappa shape index (κ3) is 5.52. The van der Waals surface area contributed by atoms with Crippen molar-refractivity contribution in [1.29, 1.82) is 0 Å². The number of hydrogen-bond donors (Lipinski definition) is 3. The summed E-state index contributed by atoms with van der Waals surface area (Å²) in [5.41, 5.74) is 6.88. The number of aromatic nitrogens is 3. The van der Waals surface area contributed by atoms with Crippen molar-refractivity contribution in [3.8, 4) is 0 Å². The normalized spacial score (nSPS) is 14.2. The van der Waals surface area contributed by atoms with Crippen LogP contribution in [0, 0.1) is 0 Å². The van der Waals surface area contributed by atoms with Gasteiger partial charge in [-0.2, -0.15) is 5.10 Å². The highest BCUT2D eigenvalue weighted by molar-refractivity contribution is 6.09. The molecule has 7 nitrogen and oxygen atoms in total. The average molecular weight is 473 g/mol. The summed E-state index contributed by atoms with van der Waals surface area (Å²) < 4.78 is 0. The van der Waals surface area contributed by atoms with Gasteiger partial charge in [-0.15, -0.1) is 0 Å². The maximum Gasteiger partial charge on any atom is 0.274 e. The third-order valence-electron chi connectivity index (χ3n) is 6.78. The number of aryl methyl sites for hydroxylation is 1. The van der Waals surface area contributed by atoms with Gasteiger partial charge in [0.05, 0.1) is 17.2 Å². The van der Waals surface area contributed by atoms with Crippen LogP contribution in [0.4, 0.5) is 0 Å². The lowest BCUT2D eigenvalue weighted by atomic mass is 9.87. The molecule has 4 rings (SSSR count). The van der Waals surface area contributed by atoms with Gasteiger partial charge in [0.25, 0.3) is 5.91 Å². The molecule has 0 spiro atoms. The summed E-state index contributed by atoms with van der Waals surface area (Å²) >= 11 is 0. The summed E-state index contributed by atoms with van der Waals surface area (Å²) in [5.74, 6) is -0.164. The molecular weight excluding hydrogens is 436 g/mol. The van der Waals surface area contributed by atoms with Crippen LogP contribution in [0.1, 0.15) is 48.3 Å². The highest BCUT2D eigenvalue weighted by atomic mass is 16.1. The first-order valence-electron chi connectivity index (χ1n) is 12.5. The molecule has 0 fully saturated rings. The summed E-state index contributed by atoms with van der Waals surface area (Å²) in [6, 6.07) is 3.96. The van der Waals surface area contributed by atoms with Crippen molar-refractivity contribution in [3.05, 3.63) is 71.2 Å². The SMILES string of the molecule is C=C(C)/C(=C\C=C\NC(=O)c1nc2ccc3[nH]ncc3c2c2c1CCCC2)CN(CC)CCNC. The Morgan fingerprint density at radius 3 is 2.80 bits per heavy atom. The van der Waals surface area contributed by atoms with Crippen LogP contribution in [0.15, 0.2) is 54.4 Å². The van der Waals surface area contributed by atoms with E-state index >= 15 is 0 Å². The molecule has 1 aromatic carbocycles. The molecule has 7 heteroatoms. The minimum Gasteiger partial charge on any atom is -0.327 e. The molecule has 1 aliphatic carbocycles. The first kappa shape index (κ1) is 24.8. The van der Waals surface area contributed by atoms with Gasteiger partial charge in [0, 0.05) is 36.6 Å². The predicted molar refractivity (Wildman–Crippen MR) is 144 cm³/mol. The van der Waals surface area contributed by atoms with Crippen molar-refractivity contribution < 1.29 is 4.79 Å². The number of nitrogens with one attached hydrogen (secondary N) is 3. The van der Waals surface area contributed by atoms with Gasteiger partial charge < -0.3 is 10.6 Å². The lowest BCUT2D eigenvalue weighted by Gasteiger charge is -2.22. The van der Waals surface area contributed by atoms with Crippen molar-refractivity contribution in [2.75, 3.05) is 33.2 Å². The van der Waals surface area contributed by atoms with Gasteiger partial charge in [-0.05, 0) is 81.1 Å². The van der Waals surface area contributed by atoms with Crippen molar-refractivity contribution in [2.24, 2.45) is 0 Å². The number of hydrogen-bond acceptors (Lipinski definition) is 5. The predicted octanol–water partition coefficient (Wildman–Crippen LogP) is 4.28. The maximum absolute atomic E-state index is 13.2. The zero-order valence-corrected chi connectivity index (χ0v) is 21.1. The standard InChI is InChI=1S/C28H36N6O/c1-5-34(16-15-29-4)18-20(19(2)3)9-8-14-30-28(35)27-22-11-7-6-10-21(22)26-23-17-31-33-24(23)12-13-25(26)32-27/h8-9,12-14,17,29H,2,5-7,10-11,15-16,18H2,1,3-4H3,(H,30,35)(H,31,33)/b14-8+,20-9-. The van der Waals surface area contributed by atoms with Gasteiger partial charge in [-0.3, -0.25) is 14.8 Å². The van der Waals surface area contributed by atoms with Crippen LogP contribution >= 0.6 is 0 Å². The number of carbonyl (C=O) groups excluding carboxylic acids is 1. The number of aromatic amines is 1. The Kier molecular flexibility index (Phi) is 8.10. The average Bonchev–Trinajstić information content (AvgIpc) is 3.35. The van der Waals surface area contributed by atoms with Gasteiger partial charge in [0.15, 0.2) is 0 Å². The Morgan fingerprint density at radius 1 is 1.26 bits per heavy atom. The highest BCUT2D eigenvalue weighted by Gasteiger charge is 2.23. The van der Waals surface area contributed by atoms with Crippen LogP contribution in [-0.4, -0.2) is 59.2 Å². The second kappa shape index (κ2) is 11.4. The van der Waals surface area contributed by atoms with Gasteiger partial charge in [0.2, 0.25) is 0 Å². The minimum absolute atomic E-state index is 0.164. The van der Waals surface area contributed by atoms with E-state index in [1.165, 1.54) is 5.56 Å². The van der Waals surface area contributed by atoms with Gasteiger partial charge in [-0.25, -0.2) is 4.98 Å². The van der Waals surface area contributed by atoms with E-state index in [0.29, 0.717) is 5.69 Å². The fourth-order valence-corrected chi connectivity index (χ4v) is 4.78. The fraction of sp³-hybridized carbons (Fsp3) is 0.393. The Balaban J connectivity index is 1.55. The molecule has 35 heavy (non-hydrogen) atoms. The zero-order valence-electron chi connectivity index (χ0n) is 21.1. The molecule has 0 saturated carbocycles. The Hall–Kier alpha value is -3.29. The van der Waals surface area contributed by atoms with Crippen molar-refractivity contribution >= 4 is 27.7 Å². The molecule has 1 amide bonds. The Bertz CT molecular complexity index is 1290. The number of pyridine rings is 1. The number of likely N-dealkylation sites (N-methyl/N-ethyl adjacent to an activating group) is 2. The highest BCUT2D eigenvalue weighted by Crippen LogP contribution is 2.34. The summed E-state index contributed by atoms with van der Waals surface area (Å²) in [6.07, 6.45) is 11.5. The lowest BCUT2D eigenvalue weighted by Crippen LogP contribution is -2.32. The largest absolute Gasteiger partial charge is 0.327 e. The molecular formula is C28H36N6O. The quantitative estimate of drug-likeness (QED) is 0.384. The Labute approximate surface area is 207 Å². The van der Waals surface area contributed by atoms with E-state index in [1.54, 1.807) is 6.20 Å². The maximum atomic E-state index is 13.2. The monoisotopic (exact) mass is 472 g/mol. The molecule has 3 N–H and O–H groups in total. The number of fused-ring (bicyclic) bond motifs is 5. The Morgan fingerprint density at radius 2 is 2.06 bits per heavy atom. The smallest absolute Gasteiger partial charge is 0.274 e. The third-order valence-corrected chi connectivity index (χ3v) is 6.78. The van der Waals surface area contributed by atoms with E-state index in [2.05, 4.69) is 39.2 Å². The molecule has 0 bridgehead atoms. The summed E-state index contributed by atoms with van der Waals surface area (Å²) in [4.78, 5) is 20.4. The molecule has 2 aromatic heterocycles. The van der Waals surface area contributed by atoms with Crippen LogP contribution in [0.25, 0.3) is 21.8 Å². The number of rotatable bonds is 10. The summed E-state index contributed by atoms with van der Waals surface area (Å²) in [6.45, 7) is 12.0. The van der Waals surface area contributed by atoms with E-state index in [-0.39, 0.29) is 5.91 Å². The van der Waals surface area contributed by atoms with Crippen LogP contribution in [0.3, 0.4) is 0 Å². The number of allylic oxidation sites excluding steroid dienone is 2. The zero-order chi connectivity index (χ0) is 24.8. The van der Waals surface area contributed by atoms with E-state index in [0.717, 1.165) is 90.4 Å². The number of nitrogens with zero attached hydrogens (tertiary/aromatic N) is 3. The van der Waals surface area contributed by atoms with E-state index in [1.807, 2.05) is 44.5 Å². The lowest BCUT2D eigenvalue weighted by molar-refractivity contribution is 0.0964. The molecule has 0 unspecified atom stereocenters. The van der Waals surface area contributed by atoms with Crippen LogP contribution in [0.5, 0.6) is 0 Å². The topological polar surface area (TPSA) is 85.9 Å². The van der Waals surface area contributed by atoms with Crippen molar-refractivity contribution in [2.45, 2.75) is 39.5 Å². The second-order valence-electron chi connectivity index (χ2n) is 9.19. The number of benzene rings is 1. The molecule has 0 saturated heterocycles. The van der Waals surface area contributed by atoms with E-state index in [4.69, 9.17) is 4.98 Å². The first-order chi connectivity index (χ1) is 17.0. The number of H-pyrrole nitrogens is 1. The van der Waals surface area contributed by atoms with Gasteiger partial charge >= 0.3 is 0 Å². The molecule has 1 aliphatic rings. The first-order valence-corrected chi connectivity index (χ1v) is 12.5. The second-order valence-corrected chi connectivity index (χ2v) is 9.19. The van der Waals surface area contributed by atoms with Crippen LogP contribution in [-0.2, 0) is 12.8 Å². The summed E-state index contributed by atoms with van der Waals surface area (Å²) in [7, 11) is 1.97. The number of carbonyl (C=O) groups is 1. The molecule has 2 heterocycles. The van der Waals surface area contributed by atoms with Crippen LogP contribution in [0.2, 0.25) is 0 Å².